The molecule has 1 saturated heterocycles. The van der Waals surface area contributed by atoms with Crippen LogP contribution in [0.1, 0.15) is 26.2 Å². The summed E-state index contributed by atoms with van der Waals surface area (Å²) in [5, 5.41) is 8.65. The van der Waals surface area contributed by atoms with E-state index in [1.807, 2.05) is 11.8 Å². The van der Waals surface area contributed by atoms with E-state index in [4.69, 9.17) is 4.74 Å². The highest BCUT2D eigenvalue weighted by molar-refractivity contribution is 7.13. The molecule has 1 aromatic rings. The third kappa shape index (κ3) is 2.32. The molecule has 0 amide bonds. The molecule has 1 unspecified atom stereocenters. The number of nitrogens with zero attached hydrogens (tertiary/aromatic N) is 3. The van der Waals surface area contributed by atoms with Crippen molar-refractivity contribution in [1.82, 2.24) is 10.2 Å². The van der Waals surface area contributed by atoms with Crippen LogP contribution >= 0.6 is 11.3 Å². The Morgan fingerprint density at radius 3 is 3.25 bits per heavy atom. The van der Waals surface area contributed by atoms with Crippen molar-refractivity contribution in [3.05, 3.63) is 5.51 Å². The molecule has 1 aromatic heterocycles. The van der Waals surface area contributed by atoms with E-state index in [0.717, 1.165) is 30.9 Å². The predicted molar refractivity (Wildman–Crippen MR) is 61.5 cm³/mol. The molecule has 1 aliphatic rings. The number of aromatic nitrogens is 2. The van der Waals surface area contributed by atoms with Crippen LogP contribution < -0.4 is 4.90 Å². The van der Waals surface area contributed by atoms with Crippen molar-refractivity contribution in [3.63, 3.8) is 0 Å². The molecule has 1 aliphatic heterocycles. The molecule has 0 saturated carbocycles. The van der Waals surface area contributed by atoms with Gasteiger partial charge in [0, 0.05) is 6.54 Å². The highest BCUT2D eigenvalue weighted by atomic mass is 32.1. The van der Waals surface area contributed by atoms with Gasteiger partial charge in [0.15, 0.2) is 0 Å². The van der Waals surface area contributed by atoms with Crippen LogP contribution in [0.3, 0.4) is 0 Å². The van der Waals surface area contributed by atoms with Gasteiger partial charge in [0.05, 0.1) is 6.61 Å². The summed E-state index contributed by atoms with van der Waals surface area (Å²) in [5.74, 6) is -0.141. The summed E-state index contributed by atoms with van der Waals surface area (Å²) in [4.78, 5) is 13.8. The average molecular weight is 241 g/mol. The predicted octanol–water partition coefficient (Wildman–Crippen LogP) is 1.46. The maximum absolute atomic E-state index is 11.8. The summed E-state index contributed by atoms with van der Waals surface area (Å²) in [6.45, 7) is 3.12. The maximum Gasteiger partial charge on any atom is 0.328 e. The van der Waals surface area contributed by atoms with Gasteiger partial charge < -0.3 is 9.64 Å². The van der Waals surface area contributed by atoms with Gasteiger partial charge in [-0.2, -0.15) is 0 Å². The molecule has 0 aromatic carbocycles. The summed E-state index contributed by atoms with van der Waals surface area (Å²) < 4.78 is 5.09. The largest absolute Gasteiger partial charge is 0.464 e. The lowest BCUT2D eigenvalue weighted by Gasteiger charge is -2.33. The number of anilines is 1. The van der Waals surface area contributed by atoms with Crippen molar-refractivity contribution >= 4 is 22.4 Å². The van der Waals surface area contributed by atoms with Crippen LogP contribution in [0.25, 0.3) is 0 Å². The lowest BCUT2D eigenvalue weighted by molar-refractivity contribution is -0.145. The fourth-order valence-corrected chi connectivity index (χ4v) is 2.57. The molecule has 0 N–H and O–H groups in total. The first-order valence-corrected chi connectivity index (χ1v) is 6.40. The van der Waals surface area contributed by atoms with Gasteiger partial charge in [0.1, 0.15) is 11.6 Å². The molecule has 1 atom stereocenters. The Morgan fingerprint density at radius 2 is 2.56 bits per heavy atom. The van der Waals surface area contributed by atoms with Gasteiger partial charge in [-0.15, -0.1) is 10.2 Å². The summed E-state index contributed by atoms with van der Waals surface area (Å²) in [6, 6.07) is -0.179. The van der Waals surface area contributed by atoms with Crippen molar-refractivity contribution in [1.29, 1.82) is 0 Å². The van der Waals surface area contributed by atoms with Crippen LogP contribution in [0.15, 0.2) is 5.51 Å². The topological polar surface area (TPSA) is 55.3 Å². The number of carbonyl (C=O) groups is 1. The van der Waals surface area contributed by atoms with Gasteiger partial charge in [-0.3, -0.25) is 0 Å². The van der Waals surface area contributed by atoms with E-state index >= 15 is 0 Å². The zero-order valence-electron chi connectivity index (χ0n) is 9.26. The molecule has 5 nitrogen and oxygen atoms in total. The minimum Gasteiger partial charge on any atom is -0.464 e. The lowest BCUT2D eigenvalue weighted by atomic mass is 10.0. The summed E-state index contributed by atoms with van der Waals surface area (Å²) in [7, 11) is 0. The minimum absolute atomic E-state index is 0.141. The average Bonchev–Trinajstić information content (AvgIpc) is 2.83. The lowest BCUT2D eigenvalue weighted by Crippen LogP contribution is -2.45. The zero-order chi connectivity index (χ0) is 11.4. The van der Waals surface area contributed by atoms with E-state index in [2.05, 4.69) is 10.2 Å². The number of ether oxygens (including phenoxy) is 1. The van der Waals surface area contributed by atoms with Crippen LogP contribution in [-0.4, -0.2) is 35.4 Å². The van der Waals surface area contributed by atoms with Gasteiger partial charge in [-0.25, -0.2) is 4.79 Å². The monoisotopic (exact) mass is 241 g/mol. The Morgan fingerprint density at radius 1 is 1.69 bits per heavy atom. The fraction of sp³-hybridized carbons (Fsp3) is 0.700. The van der Waals surface area contributed by atoms with Crippen LogP contribution in [0.2, 0.25) is 0 Å². The van der Waals surface area contributed by atoms with Gasteiger partial charge in [-0.05, 0) is 26.2 Å². The number of rotatable bonds is 3. The summed E-state index contributed by atoms with van der Waals surface area (Å²) >= 11 is 1.46. The van der Waals surface area contributed by atoms with Gasteiger partial charge >= 0.3 is 5.97 Å². The molecule has 16 heavy (non-hydrogen) atoms. The normalized spacial score (nSPS) is 20.8. The highest BCUT2D eigenvalue weighted by Crippen LogP contribution is 2.26. The van der Waals surface area contributed by atoms with E-state index in [-0.39, 0.29) is 12.0 Å². The first-order chi connectivity index (χ1) is 7.83. The van der Waals surface area contributed by atoms with Crippen LogP contribution in [0.5, 0.6) is 0 Å². The Bertz CT molecular complexity index is 342. The van der Waals surface area contributed by atoms with Gasteiger partial charge in [0.25, 0.3) is 0 Å². The Kier molecular flexibility index (Phi) is 3.71. The third-order valence-electron chi connectivity index (χ3n) is 2.66. The van der Waals surface area contributed by atoms with E-state index in [1.54, 1.807) is 5.51 Å². The second kappa shape index (κ2) is 5.25. The quantitative estimate of drug-likeness (QED) is 0.750. The first kappa shape index (κ1) is 11.3. The van der Waals surface area contributed by atoms with E-state index < -0.39 is 0 Å². The second-order valence-electron chi connectivity index (χ2n) is 3.68. The standard InChI is InChI=1S/C10H15N3O2S/c1-2-15-9(14)8-5-3-4-6-13(8)10-12-11-7-16-10/h7-8H,2-6H2,1H3. The molecule has 2 heterocycles. The zero-order valence-corrected chi connectivity index (χ0v) is 10.1. The third-order valence-corrected chi connectivity index (χ3v) is 3.38. The van der Waals surface area contributed by atoms with Crippen LogP contribution in [0, 0.1) is 0 Å². The maximum atomic E-state index is 11.8. The van der Waals surface area contributed by atoms with E-state index in [1.165, 1.54) is 11.3 Å². The van der Waals surface area contributed by atoms with Crippen molar-refractivity contribution < 1.29 is 9.53 Å². The molecule has 1 fully saturated rings. The van der Waals surface area contributed by atoms with E-state index in [0.29, 0.717) is 6.61 Å². The number of esters is 1. The Labute approximate surface area is 98.4 Å². The number of carbonyl (C=O) groups excluding carboxylic acids is 1. The molecule has 6 heteroatoms. The molecule has 0 spiro atoms. The van der Waals surface area contributed by atoms with Gasteiger partial charge in [-0.1, -0.05) is 11.3 Å². The first-order valence-electron chi connectivity index (χ1n) is 5.52. The molecule has 0 radical (unpaired) electrons. The Balaban J connectivity index is 2.11. The number of hydrogen-bond acceptors (Lipinski definition) is 6. The fourth-order valence-electron chi connectivity index (χ4n) is 1.94. The molecule has 88 valence electrons. The molecule has 2 rings (SSSR count). The highest BCUT2D eigenvalue weighted by Gasteiger charge is 2.31. The van der Waals surface area contributed by atoms with E-state index in [9.17, 15) is 4.79 Å². The van der Waals surface area contributed by atoms with Crippen molar-refractivity contribution in [2.45, 2.75) is 32.2 Å². The Hall–Kier alpha value is -1.17. The second-order valence-corrected chi connectivity index (χ2v) is 4.49. The number of piperidine rings is 1. The summed E-state index contributed by atoms with van der Waals surface area (Å²) in [5.41, 5.74) is 1.69. The van der Waals surface area contributed by atoms with Crippen LogP contribution in [-0.2, 0) is 9.53 Å². The molecule has 0 bridgehead atoms. The molecular formula is C10H15N3O2S. The SMILES string of the molecule is CCOC(=O)C1CCCCN1c1nncs1. The molecular weight excluding hydrogens is 226 g/mol. The smallest absolute Gasteiger partial charge is 0.328 e. The summed E-state index contributed by atoms with van der Waals surface area (Å²) in [6.07, 6.45) is 3.01. The molecule has 0 aliphatic carbocycles. The van der Waals surface area contributed by atoms with Crippen molar-refractivity contribution in [2.75, 3.05) is 18.1 Å². The minimum atomic E-state index is -0.179. The van der Waals surface area contributed by atoms with Crippen molar-refractivity contribution in [2.24, 2.45) is 0 Å². The number of hydrogen-bond donors (Lipinski definition) is 0. The van der Waals surface area contributed by atoms with Crippen molar-refractivity contribution in [3.8, 4) is 0 Å². The van der Waals surface area contributed by atoms with Crippen LogP contribution in [0.4, 0.5) is 5.13 Å². The van der Waals surface area contributed by atoms with Gasteiger partial charge in [0.2, 0.25) is 5.13 Å².